The fourth-order valence-electron chi connectivity index (χ4n) is 3.87. The van der Waals surface area contributed by atoms with E-state index in [1.807, 2.05) is 36.1 Å². The molecule has 0 spiro atoms. The highest BCUT2D eigenvalue weighted by atomic mass is 16.2. The number of hydrogen-bond acceptors (Lipinski definition) is 3. The van der Waals surface area contributed by atoms with Crippen molar-refractivity contribution in [1.29, 1.82) is 0 Å². The fraction of sp³-hybridized carbons (Fsp3) is 0.318. The number of likely N-dealkylation sites (tertiary alicyclic amines) is 1. The van der Waals surface area contributed by atoms with Gasteiger partial charge in [-0.1, -0.05) is 12.1 Å². The number of hydrogen-bond donors (Lipinski definition) is 1. The summed E-state index contributed by atoms with van der Waals surface area (Å²) in [4.78, 5) is 39.5. The molecule has 3 aromatic rings. The van der Waals surface area contributed by atoms with E-state index in [2.05, 4.69) is 5.32 Å². The summed E-state index contributed by atoms with van der Waals surface area (Å²) in [6.07, 6.45) is 2.10. The van der Waals surface area contributed by atoms with Gasteiger partial charge in [-0.25, -0.2) is 4.79 Å². The molecular weight excluding hydrogens is 368 g/mol. The van der Waals surface area contributed by atoms with Gasteiger partial charge in [0.2, 0.25) is 5.91 Å². The molecule has 7 heteroatoms. The number of carbonyl (C=O) groups is 2. The molecule has 4 rings (SSSR count). The molecule has 1 N–H and O–H groups in total. The molecule has 0 radical (unpaired) electrons. The van der Waals surface area contributed by atoms with E-state index in [-0.39, 0.29) is 24.0 Å². The molecule has 7 nitrogen and oxygen atoms in total. The van der Waals surface area contributed by atoms with Gasteiger partial charge < -0.3 is 10.2 Å². The second kappa shape index (κ2) is 7.95. The second-order valence-electron chi connectivity index (χ2n) is 7.23. The Hall–Kier alpha value is -3.35. The zero-order chi connectivity index (χ0) is 20.4. The van der Waals surface area contributed by atoms with Crippen LogP contribution in [0.4, 0.5) is 5.69 Å². The molecule has 150 valence electrons. The van der Waals surface area contributed by atoms with Gasteiger partial charge in [0, 0.05) is 30.9 Å². The number of para-hydroxylation sites is 2. The number of nitrogens with one attached hydrogen (secondary N) is 1. The third kappa shape index (κ3) is 3.68. The van der Waals surface area contributed by atoms with Crippen LogP contribution in [0, 0.1) is 0 Å². The standard InChI is InChI=1S/C22H24N4O3/c1-2-25-18-7-3-4-8-19(18)26(22(25)29)15-20(27)23-17-11-9-16(10-12-17)21(28)24-13-5-6-14-24/h3-4,7-12H,2,5-6,13-15H2,1H3,(H,23,27). The van der Waals surface area contributed by atoms with E-state index in [0.717, 1.165) is 37.0 Å². The number of fused-ring (bicyclic) bond motifs is 1. The molecule has 0 saturated carbocycles. The maximum atomic E-state index is 12.7. The molecule has 1 aromatic heterocycles. The van der Waals surface area contributed by atoms with Crippen molar-refractivity contribution in [3.05, 3.63) is 64.6 Å². The molecular formula is C22H24N4O3. The molecule has 2 heterocycles. The highest BCUT2D eigenvalue weighted by Gasteiger charge is 2.19. The van der Waals surface area contributed by atoms with Crippen LogP contribution in [0.5, 0.6) is 0 Å². The molecule has 2 amide bonds. The number of amides is 2. The molecule has 0 atom stereocenters. The van der Waals surface area contributed by atoms with Crippen molar-refractivity contribution in [3.8, 4) is 0 Å². The van der Waals surface area contributed by atoms with E-state index in [1.54, 1.807) is 28.8 Å². The minimum atomic E-state index is -0.287. The summed E-state index contributed by atoms with van der Waals surface area (Å²) in [6, 6.07) is 14.4. The average molecular weight is 392 g/mol. The van der Waals surface area contributed by atoms with Crippen LogP contribution in [0.2, 0.25) is 0 Å². The average Bonchev–Trinajstić information content (AvgIpc) is 3.36. The number of rotatable bonds is 5. The Labute approximate surface area is 168 Å². The smallest absolute Gasteiger partial charge is 0.329 e. The first-order valence-corrected chi connectivity index (χ1v) is 9.95. The zero-order valence-electron chi connectivity index (χ0n) is 16.4. The first-order valence-electron chi connectivity index (χ1n) is 9.95. The summed E-state index contributed by atoms with van der Waals surface area (Å²) in [7, 11) is 0. The lowest BCUT2D eigenvalue weighted by molar-refractivity contribution is -0.116. The number of benzene rings is 2. The van der Waals surface area contributed by atoms with Crippen molar-refractivity contribution in [3.63, 3.8) is 0 Å². The van der Waals surface area contributed by atoms with Crippen LogP contribution in [0.15, 0.2) is 53.3 Å². The summed E-state index contributed by atoms with van der Waals surface area (Å²) >= 11 is 0. The predicted molar refractivity (Wildman–Crippen MR) is 112 cm³/mol. The van der Waals surface area contributed by atoms with Gasteiger partial charge in [0.05, 0.1) is 11.0 Å². The van der Waals surface area contributed by atoms with E-state index in [4.69, 9.17) is 0 Å². The van der Waals surface area contributed by atoms with Crippen molar-refractivity contribution in [2.24, 2.45) is 0 Å². The van der Waals surface area contributed by atoms with Gasteiger partial charge in [0.25, 0.3) is 5.91 Å². The van der Waals surface area contributed by atoms with Gasteiger partial charge in [-0.15, -0.1) is 0 Å². The Morgan fingerprint density at radius 2 is 1.55 bits per heavy atom. The third-order valence-corrected chi connectivity index (χ3v) is 5.35. The van der Waals surface area contributed by atoms with E-state index in [0.29, 0.717) is 17.8 Å². The Bertz CT molecular complexity index is 1110. The molecule has 0 unspecified atom stereocenters. The highest BCUT2D eigenvalue weighted by Crippen LogP contribution is 2.16. The first kappa shape index (κ1) is 19.0. The summed E-state index contributed by atoms with van der Waals surface area (Å²) in [6.45, 7) is 3.99. The lowest BCUT2D eigenvalue weighted by Gasteiger charge is -2.15. The summed E-state index contributed by atoms with van der Waals surface area (Å²) in [5.41, 5.74) is 2.57. The number of nitrogens with zero attached hydrogens (tertiary/aromatic N) is 3. The Morgan fingerprint density at radius 1 is 0.931 bits per heavy atom. The van der Waals surface area contributed by atoms with E-state index >= 15 is 0 Å². The summed E-state index contributed by atoms with van der Waals surface area (Å²) < 4.78 is 3.14. The second-order valence-corrected chi connectivity index (χ2v) is 7.23. The van der Waals surface area contributed by atoms with Gasteiger partial charge in [-0.05, 0) is 56.2 Å². The minimum absolute atomic E-state index is 0.0271. The Balaban J connectivity index is 1.48. The number of imidazole rings is 1. The Morgan fingerprint density at radius 3 is 2.17 bits per heavy atom. The fourth-order valence-corrected chi connectivity index (χ4v) is 3.87. The Kier molecular flexibility index (Phi) is 5.20. The van der Waals surface area contributed by atoms with Gasteiger partial charge in [0.15, 0.2) is 0 Å². The topological polar surface area (TPSA) is 76.3 Å². The zero-order valence-corrected chi connectivity index (χ0v) is 16.4. The number of anilines is 1. The first-order chi connectivity index (χ1) is 14.1. The van der Waals surface area contributed by atoms with E-state index < -0.39 is 0 Å². The van der Waals surface area contributed by atoms with Crippen molar-refractivity contribution in [2.75, 3.05) is 18.4 Å². The molecule has 0 aliphatic carbocycles. The monoisotopic (exact) mass is 392 g/mol. The highest BCUT2D eigenvalue weighted by molar-refractivity contribution is 5.96. The molecule has 29 heavy (non-hydrogen) atoms. The van der Waals surface area contributed by atoms with Crippen molar-refractivity contribution in [1.82, 2.24) is 14.0 Å². The maximum Gasteiger partial charge on any atom is 0.329 e. The normalized spacial score (nSPS) is 13.8. The number of aryl methyl sites for hydroxylation is 1. The molecule has 1 aliphatic rings. The van der Waals surface area contributed by atoms with Crippen LogP contribution in [-0.2, 0) is 17.9 Å². The molecule has 2 aromatic carbocycles. The van der Waals surface area contributed by atoms with Crippen molar-refractivity contribution >= 4 is 28.5 Å². The maximum absolute atomic E-state index is 12.7. The van der Waals surface area contributed by atoms with Crippen molar-refractivity contribution < 1.29 is 9.59 Å². The van der Waals surface area contributed by atoms with Gasteiger partial charge >= 0.3 is 5.69 Å². The molecule has 1 fully saturated rings. The molecule has 1 aliphatic heterocycles. The predicted octanol–water partition coefficient (Wildman–Crippen LogP) is 2.70. The van der Waals surface area contributed by atoms with Gasteiger partial charge in [-0.2, -0.15) is 0 Å². The number of carbonyl (C=O) groups excluding carboxylic acids is 2. The minimum Gasteiger partial charge on any atom is -0.339 e. The molecule has 0 bridgehead atoms. The van der Waals surface area contributed by atoms with Crippen LogP contribution < -0.4 is 11.0 Å². The van der Waals surface area contributed by atoms with Crippen LogP contribution >= 0.6 is 0 Å². The summed E-state index contributed by atoms with van der Waals surface area (Å²) in [5.74, 6) is -0.260. The van der Waals surface area contributed by atoms with Crippen LogP contribution in [0.1, 0.15) is 30.1 Å². The lowest BCUT2D eigenvalue weighted by atomic mass is 10.2. The van der Waals surface area contributed by atoms with E-state index in [9.17, 15) is 14.4 Å². The van der Waals surface area contributed by atoms with Crippen molar-refractivity contribution in [2.45, 2.75) is 32.9 Å². The SMILES string of the molecule is CCn1c(=O)n(CC(=O)Nc2ccc(C(=O)N3CCCC3)cc2)c2ccccc21. The van der Waals surface area contributed by atoms with Crippen LogP contribution in [-0.4, -0.2) is 38.9 Å². The van der Waals surface area contributed by atoms with E-state index in [1.165, 1.54) is 4.57 Å². The quantitative estimate of drug-likeness (QED) is 0.725. The van der Waals surface area contributed by atoms with Gasteiger partial charge in [-0.3, -0.25) is 18.7 Å². The molecule has 1 saturated heterocycles. The summed E-state index contributed by atoms with van der Waals surface area (Å²) in [5, 5.41) is 2.81. The lowest BCUT2D eigenvalue weighted by Crippen LogP contribution is -2.29. The van der Waals surface area contributed by atoms with Gasteiger partial charge in [0.1, 0.15) is 6.54 Å². The third-order valence-electron chi connectivity index (χ3n) is 5.35. The largest absolute Gasteiger partial charge is 0.339 e. The van der Waals surface area contributed by atoms with Crippen LogP contribution in [0.25, 0.3) is 11.0 Å². The number of aromatic nitrogens is 2. The van der Waals surface area contributed by atoms with Crippen LogP contribution in [0.3, 0.4) is 0 Å².